The van der Waals surface area contributed by atoms with Gasteiger partial charge in [-0.15, -0.1) is 11.3 Å². The maximum Gasteiger partial charge on any atom is 0.0959 e. The van der Waals surface area contributed by atoms with Crippen molar-refractivity contribution in [1.29, 1.82) is 0 Å². The van der Waals surface area contributed by atoms with Gasteiger partial charge in [0.1, 0.15) is 0 Å². The largest absolute Gasteiger partial charge is 0.310 e. The van der Waals surface area contributed by atoms with Gasteiger partial charge in [-0.2, -0.15) is 0 Å². The Morgan fingerprint density at radius 3 is 2.33 bits per heavy atom. The zero-order chi connectivity index (χ0) is 13.7. The van der Waals surface area contributed by atoms with Gasteiger partial charge >= 0.3 is 0 Å². The van der Waals surface area contributed by atoms with Gasteiger partial charge in [0, 0.05) is 23.4 Å². The molecule has 0 aliphatic heterocycles. The van der Waals surface area contributed by atoms with Crippen LogP contribution in [0, 0.1) is 5.92 Å². The lowest BCUT2D eigenvalue weighted by atomic mass is 10.1. The van der Waals surface area contributed by atoms with Crippen molar-refractivity contribution in [2.45, 2.75) is 72.9 Å². The lowest BCUT2D eigenvalue weighted by molar-refractivity contribution is 0.581. The van der Waals surface area contributed by atoms with Gasteiger partial charge in [0.05, 0.1) is 10.7 Å². The van der Waals surface area contributed by atoms with Crippen molar-refractivity contribution in [3.8, 4) is 0 Å². The molecule has 1 heterocycles. The molecule has 0 aliphatic carbocycles. The molecule has 1 N–H and O–H groups in total. The number of rotatable bonds is 7. The van der Waals surface area contributed by atoms with Crippen molar-refractivity contribution in [3.05, 3.63) is 15.6 Å². The van der Waals surface area contributed by atoms with Gasteiger partial charge in [-0.05, 0) is 18.8 Å². The highest BCUT2D eigenvalue weighted by Gasteiger charge is 2.15. The topological polar surface area (TPSA) is 24.9 Å². The summed E-state index contributed by atoms with van der Waals surface area (Å²) in [6.07, 6.45) is 2.27. The van der Waals surface area contributed by atoms with E-state index in [9.17, 15) is 0 Å². The molecule has 1 unspecified atom stereocenters. The van der Waals surface area contributed by atoms with Crippen LogP contribution in [0.1, 0.15) is 69.5 Å². The van der Waals surface area contributed by atoms with Crippen LogP contribution in [-0.2, 0) is 13.0 Å². The summed E-state index contributed by atoms with van der Waals surface area (Å²) in [5.74, 6) is 1.27. The van der Waals surface area contributed by atoms with Crippen LogP contribution in [0.15, 0.2) is 0 Å². The summed E-state index contributed by atoms with van der Waals surface area (Å²) in [5.41, 5.74) is 1.32. The first-order valence-electron chi connectivity index (χ1n) is 7.15. The van der Waals surface area contributed by atoms with E-state index >= 15 is 0 Å². The van der Waals surface area contributed by atoms with Crippen molar-refractivity contribution in [2.24, 2.45) is 5.92 Å². The molecule has 0 amide bonds. The fourth-order valence-corrected chi connectivity index (χ4v) is 2.95. The Morgan fingerprint density at radius 2 is 1.83 bits per heavy atom. The average Bonchev–Trinajstić information content (AvgIpc) is 2.67. The second-order valence-corrected chi connectivity index (χ2v) is 6.98. The van der Waals surface area contributed by atoms with E-state index in [2.05, 4.69) is 46.9 Å². The SMILES string of the molecule is CCC(C)c1nc(CC(C)C)c(CNC(C)C)s1. The van der Waals surface area contributed by atoms with Crippen LogP contribution in [0.3, 0.4) is 0 Å². The second-order valence-electron chi connectivity index (χ2n) is 5.86. The van der Waals surface area contributed by atoms with Gasteiger partial charge in [0.15, 0.2) is 0 Å². The van der Waals surface area contributed by atoms with Crippen LogP contribution < -0.4 is 5.32 Å². The number of thiazole rings is 1. The first-order chi connectivity index (χ1) is 8.43. The molecule has 0 aliphatic rings. The maximum atomic E-state index is 4.88. The Kier molecular flexibility index (Phi) is 6.30. The van der Waals surface area contributed by atoms with Gasteiger partial charge in [-0.1, -0.05) is 41.5 Å². The summed E-state index contributed by atoms with van der Waals surface area (Å²) in [6, 6.07) is 0.533. The average molecular weight is 268 g/mol. The van der Waals surface area contributed by atoms with E-state index in [1.165, 1.54) is 22.0 Å². The van der Waals surface area contributed by atoms with Crippen LogP contribution in [-0.4, -0.2) is 11.0 Å². The van der Waals surface area contributed by atoms with Crippen molar-refractivity contribution in [2.75, 3.05) is 0 Å². The summed E-state index contributed by atoms with van der Waals surface area (Å²) < 4.78 is 0. The van der Waals surface area contributed by atoms with E-state index in [0.29, 0.717) is 17.9 Å². The number of hydrogen-bond donors (Lipinski definition) is 1. The Bertz CT molecular complexity index is 355. The highest BCUT2D eigenvalue weighted by molar-refractivity contribution is 7.11. The van der Waals surface area contributed by atoms with Crippen LogP contribution >= 0.6 is 11.3 Å². The van der Waals surface area contributed by atoms with Crippen molar-refractivity contribution in [3.63, 3.8) is 0 Å². The fourth-order valence-electron chi connectivity index (χ4n) is 1.77. The zero-order valence-electron chi connectivity index (χ0n) is 12.7. The van der Waals surface area contributed by atoms with E-state index in [1.807, 2.05) is 11.3 Å². The van der Waals surface area contributed by atoms with E-state index < -0.39 is 0 Å². The van der Waals surface area contributed by atoms with Gasteiger partial charge in [-0.25, -0.2) is 4.98 Å². The smallest absolute Gasteiger partial charge is 0.0959 e. The molecular formula is C15H28N2S. The zero-order valence-corrected chi connectivity index (χ0v) is 13.5. The minimum absolute atomic E-state index is 0.533. The van der Waals surface area contributed by atoms with Crippen LogP contribution in [0.4, 0.5) is 0 Å². The molecule has 1 atom stereocenters. The minimum Gasteiger partial charge on any atom is -0.310 e. The van der Waals surface area contributed by atoms with E-state index in [1.54, 1.807) is 0 Å². The van der Waals surface area contributed by atoms with Crippen molar-refractivity contribution >= 4 is 11.3 Å². The van der Waals surface area contributed by atoms with Crippen LogP contribution in [0.5, 0.6) is 0 Å². The number of nitrogens with zero attached hydrogens (tertiary/aromatic N) is 1. The van der Waals surface area contributed by atoms with Crippen molar-refractivity contribution < 1.29 is 0 Å². The predicted octanol–water partition coefficient (Wildman–Crippen LogP) is 4.35. The number of hydrogen-bond acceptors (Lipinski definition) is 3. The molecule has 3 heteroatoms. The van der Waals surface area contributed by atoms with Crippen LogP contribution in [0.25, 0.3) is 0 Å². The third kappa shape index (κ3) is 4.69. The first kappa shape index (κ1) is 15.6. The van der Waals surface area contributed by atoms with Crippen molar-refractivity contribution in [1.82, 2.24) is 10.3 Å². The Labute approximate surface area is 116 Å². The molecule has 1 aromatic rings. The van der Waals surface area contributed by atoms with Gasteiger partial charge in [0.25, 0.3) is 0 Å². The van der Waals surface area contributed by atoms with E-state index in [-0.39, 0.29) is 0 Å². The molecule has 104 valence electrons. The molecule has 0 fully saturated rings. The molecule has 0 saturated carbocycles. The number of aromatic nitrogens is 1. The maximum absolute atomic E-state index is 4.88. The Hall–Kier alpha value is -0.410. The Balaban J connectivity index is 2.86. The molecule has 1 aromatic heterocycles. The molecule has 2 nitrogen and oxygen atoms in total. The first-order valence-corrected chi connectivity index (χ1v) is 7.97. The molecule has 0 saturated heterocycles. The Morgan fingerprint density at radius 1 is 1.17 bits per heavy atom. The summed E-state index contributed by atoms with van der Waals surface area (Å²) in [7, 11) is 0. The highest BCUT2D eigenvalue weighted by Crippen LogP contribution is 2.28. The third-order valence-electron chi connectivity index (χ3n) is 3.10. The molecular weight excluding hydrogens is 240 g/mol. The minimum atomic E-state index is 0.533. The molecule has 0 aromatic carbocycles. The third-order valence-corrected chi connectivity index (χ3v) is 4.43. The lowest BCUT2D eigenvalue weighted by Crippen LogP contribution is -2.22. The second kappa shape index (κ2) is 7.25. The highest BCUT2D eigenvalue weighted by atomic mass is 32.1. The molecule has 18 heavy (non-hydrogen) atoms. The lowest BCUT2D eigenvalue weighted by Gasteiger charge is -2.08. The monoisotopic (exact) mass is 268 g/mol. The van der Waals surface area contributed by atoms with Gasteiger partial charge in [-0.3, -0.25) is 0 Å². The van der Waals surface area contributed by atoms with E-state index in [0.717, 1.165) is 13.0 Å². The molecule has 0 bridgehead atoms. The van der Waals surface area contributed by atoms with Crippen LogP contribution in [0.2, 0.25) is 0 Å². The predicted molar refractivity (Wildman–Crippen MR) is 81.3 cm³/mol. The summed E-state index contributed by atoms with van der Waals surface area (Å²) in [6.45, 7) is 14.4. The standard InChI is InChI=1S/C15H28N2S/c1-7-12(6)15-17-13(8-10(2)3)14(18-15)9-16-11(4)5/h10-12,16H,7-9H2,1-6H3. The quantitative estimate of drug-likeness (QED) is 0.795. The normalized spacial score (nSPS) is 13.6. The number of nitrogens with one attached hydrogen (secondary N) is 1. The van der Waals surface area contributed by atoms with Gasteiger partial charge in [0.2, 0.25) is 0 Å². The summed E-state index contributed by atoms with van der Waals surface area (Å²) in [5, 5.41) is 4.83. The van der Waals surface area contributed by atoms with E-state index in [4.69, 9.17) is 4.98 Å². The summed E-state index contributed by atoms with van der Waals surface area (Å²) >= 11 is 1.90. The molecule has 0 spiro atoms. The van der Waals surface area contributed by atoms with Gasteiger partial charge < -0.3 is 5.32 Å². The fraction of sp³-hybridized carbons (Fsp3) is 0.800. The molecule has 0 radical (unpaired) electrons. The summed E-state index contributed by atoms with van der Waals surface area (Å²) in [4.78, 5) is 6.32. The molecule has 1 rings (SSSR count).